The van der Waals surface area contributed by atoms with E-state index < -0.39 is 0 Å². The van der Waals surface area contributed by atoms with Gasteiger partial charge in [0.1, 0.15) is 6.04 Å². The van der Waals surface area contributed by atoms with Gasteiger partial charge in [-0.1, -0.05) is 6.07 Å². The molecule has 18 heavy (non-hydrogen) atoms. The standard InChI is InChI=1S/C13H17N3OS/c1-10(8-12-4-3-7-18-12)15-13(17)11(2)16-6-5-14-9-16/h3-7,9-11H,8H2,1-2H3,(H,15,17)/t10-,11-/m0/s1. The molecule has 96 valence electrons. The molecular weight excluding hydrogens is 246 g/mol. The summed E-state index contributed by atoms with van der Waals surface area (Å²) in [4.78, 5) is 17.3. The number of imidazole rings is 1. The van der Waals surface area contributed by atoms with Crippen molar-refractivity contribution < 1.29 is 4.79 Å². The first kappa shape index (κ1) is 12.8. The van der Waals surface area contributed by atoms with Crippen LogP contribution in [0.4, 0.5) is 0 Å². The second kappa shape index (κ2) is 5.82. The third-order valence-electron chi connectivity index (χ3n) is 2.83. The summed E-state index contributed by atoms with van der Waals surface area (Å²) in [6.07, 6.45) is 6.02. The summed E-state index contributed by atoms with van der Waals surface area (Å²) < 4.78 is 1.80. The Morgan fingerprint density at radius 3 is 3.00 bits per heavy atom. The number of nitrogens with zero attached hydrogens (tertiary/aromatic N) is 2. The van der Waals surface area contributed by atoms with Crippen molar-refractivity contribution in [2.24, 2.45) is 0 Å². The van der Waals surface area contributed by atoms with Gasteiger partial charge >= 0.3 is 0 Å². The van der Waals surface area contributed by atoms with E-state index in [0.29, 0.717) is 0 Å². The van der Waals surface area contributed by atoms with Crippen LogP contribution >= 0.6 is 11.3 Å². The highest BCUT2D eigenvalue weighted by Gasteiger charge is 2.16. The van der Waals surface area contributed by atoms with E-state index in [1.165, 1.54) is 4.88 Å². The summed E-state index contributed by atoms with van der Waals surface area (Å²) >= 11 is 1.72. The van der Waals surface area contributed by atoms with E-state index in [9.17, 15) is 4.79 Å². The third-order valence-corrected chi connectivity index (χ3v) is 3.73. The van der Waals surface area contributed by atoms with Crippen molar-refractivity contribution in [3.63, 3.8) is 0 Å². The van der Waals surface area contributed by atoms with Crippen molar-refractivity contribution in [2.75, 3.05) is 0 Å². The van der Waals surface area contributed by atoms with Crippen molar-refractivity contribution in [1.29, 1.82) is 0 Å². The van der Waals surface area contributed by atoms with Crippen LogP contribution in [0.15, 0.2) is 36.2 Å². The molecule has 2 aromatic rings. The van der Waals surface area contributed by atoms with E-state index in [1.54, 1.807) is 34.6 Å². The normalized spacial score (nSPS) is 14.1. The number of hydrogen-bond acceptors (Lipinski definition) is 3. The van der Waals surface area contributed by atoms with Gasteiger partial charge in [0.05, 0.1) is 6.33 Å². The van der Waals surface area contributed by atoms with Crippen LogP contribution in [-0.4, -0.2) is 21.5 Å². The second-order valence-electron chi connectivity index (χ2n) is 4.38. The van der Waals surface area contributed by atoms with Crippen LogP contribution in [0.5, 0.6) is 0 Å². The minimum Gasteiger partial charge on any atom is -0.351 e. The van der Waals surface area contributed by atoms with E-state index in [4.69, 9.17) is 0 Å². The van der Waals surface area contributed by atoms with E-state index >= 15 is 0 Å². The SMILES string of the molecule is C[C@@H](Cc1cccs1)NC(=O)[C@H](C)n1ccnc1. The summed E-state index contributed by atoms with van der Waals surface area (Å²) in [7, 11) is 0. The molecule has 1 amide bonds. The Kier molecular flexibility index (Phi) is 4.15. The summed E-state index contributed by atoms with van der Waals surface area (Å²) in [5, 5.41) is 5.08. The van der Waals surface area contributed by atoms with Gasteiger partial charge in [-0.05, 0) is 25.3 Å². The van der Waals surface area contributed by atoms with Gasteiger partial charge < -0.3 is 9.88 Å². The largest absolute Gasteiger partial charge is 0.351 e. The van der Waals surface area contributed by atoms with Crippen LogP contribution in [0, 0.1) is 0 Å². The first-order valence-electron chi connectivity index (χ1n) is 5.97. The minimum absolute atomic E-state index is 0.0251. The maximum absolute atomic E-state index is 12.0. The van der Waals surface area contributed by atoms with Crippen LogP contribution in [0.2, 0.25) is 0 Å². The molecule has 0 saturated heterocycles. The van der Waals surface area contributed by atoms with Gasteiger partial charge in [0.2, 0.25) is 5.91 Å². The Balaban J connectivity index is 1.87. The van der Waals surface area contributed by atoms with Crippen LogP contribution in [0.1, 0.15) is 24.8 Å². The van der Waals surface area contributed by atoms with E-state index in [0.717, 1.165) is 6.42 Å². The molecule has 0 radical (unpaired) electrons. The maximum Gasteiger partial charge on any atom is 0.243 e. The summed E-state index contributed by atoms with van der Waals surface area (Å²) in [5.41, 5.74) is 0. The highest BCUT2D eigenvalue weighted by Crippen LogP contribution is 2.12. The summed E-state index contributed by atoms with van der Waals surface area (Å²) in [6.45, 7) is 3.90. The number of amides is 1. The molecule has 2 rings (SSSR count). The molecule has 0 aliphatic rings. The quantitative estimate of drug-likeness (QED) is 0.899. The molecule has 0 aliphatic carbocycles. The number of carbonyl (C=O) groups is 1. The van der Waals surface area contributed by atoms with Gasteiger partial charge in [-0.25, -0.2) is 4.98 Å². The van der Waals surface area contributed by atoms with Crippen molar-refractivity contribution >= 4 is 17.2 Å². The monoisotopic (exact) mass is 263 g/mol. The van der Waals surface area contributed by atoms with Crippen LogP contribution in [-0.2, 0) is 11.2 Å². The molecule has 0 fully saturated rings. The lowest BCUT2D eigenvalue weighted by atomic mass is 10.2. The Labute approximate surface area is 111 Å². The molecule has 0 aromatic carbocycles. The molecule has 0 unspecified atom stereocenters. The molecule has 0 bridgehead atoms. The highest BCUT2D eigenvalue weighted by molar-refractivity contribution is 7.09. The summed E-state index contributed by atoms with van der Waals surface area (Å²) in [6, 6.07) is 4.04. The Morgan fingerprint density at radius 1 is 1.56 bits per heavy atom. The number of thiophene rings is 1. The molecule has 5 heteroatoms. The topological polar surface area (TPSA) is 46.9 Å². The zero-order valence-electron chi connectivity index (χ0n) is 10.5. The fraction of sp³-hybridized carbons (Fsp3) is 0.385. The Morgan fingerprint density at radius 2 is 2.39 bits per heavy atom. The number of carbonyl (C=O) groups excluding carboxylic acids is 1. The predicted octanol–water partition coefficient (Wildman–Crippen LogP) is 2.25. The fourth-order valence-corrected chi connectivity index (χ4v) is 2.61. The lowest BCUT2D eigenvalue weighted by Gasteiger charge is -2.17. The molecule has 2 aromatic heterocycles. The van der Waals surface area contributed by atoms with Crippen molar-refractivity contribution in [3.8, 4) is 0 Å². The van der Waals surface area contributed by atoms with Crippen LogP contribution in [0.25, 0.3) is 0 Å². The second-order valence-corrected chi connectivity index (χ2v) is 5.41. The van der Waals surface area contributed by atoms with Crippen molar-refractivity contribution in [2.45, 2.75) is 32.4 Å². The Bertz CT molecular complexity index is 478. The number of hydrogen-bond donors (Lipinski definition) is 1. The average molecular weight is 263 g/mol. The molecule has 2 heterocycles. The number of nitrogens with one attached hydrogen (secondary N) is 1. The molecule has 1 N–H and O–H groups in total. The number of aromatic nitrogens is 2. The predicted molar refractivity (Wildman–Crippen MR) is 72.6 cm³/mol. The third kappa shape index (κ3) is 3.20. The fourth-order valence-electron chi connectivity index (χ4n) is 1.78. The Hall–Kier alpha value is -1.62. The average Bonchev–Trinajstić information content (AvgIpc) is 2.99. The van der Waals surface area contributed by atoms with Gasteiger partial charge in [-0.3, -0.25) is 4.79 Å². The zero-order valence-corrected chi connectivity index (χ0v) is 11.4. The first-order chi connectivity index (χ1) is 8.66. The lowest BCUT2D eigenvalue weighted by Crippen LogP contribution is -2.38. The molecule has 0 spiro atoms. The minimum atomic E-state index is -0.224. The van der Waals surface area contributed by atoms with Gasteiger partial charge in [0.15, 0.2) is 0 Å². The van der Waals surface area contributed by atoms with Gasteiger partial charge in [-0.15, -0.1) is 11.3 Å². The van der Waals surface area contributed by atoms with Gasteiger partial charge in [0.25, 0.3) is 0 Å². The number of rotatable bonds is 5. The highest BCUT2D eigenvalue weighted by atomic mass is 32.1. The molecule has 2 atom stereocenters. The van der Waals surface area contributed by atoms with Crippen molar-refractivity contribution in [3.05, 3.63) is 41.1 Å². The van der Waals surface area contributed by atoms with Crippen LogP contribution in [0.3, 0.4) is 0 Å². The van der Waals surface area contributed by atoms with Crippen molar-refractivity contribution in [1.82, 2.24) is 14.9 Å². The maximum atomic E-state index is 12.0. The van der Waals surface area contributed by atoms with Gasteiger partial charge in [-0.2, -0.15) is 0 Å². The molecule has 0 aliphatic heterocycles. The molecule has 0 saturated carbocycles. The van der Waals surface area contributed by atoms with E-state index in [-0.39, 0.29) is 18.0 Å². The zero-order chi connectivity index (χ0) is 13.0. The smallest absolute Gasteiger partial charge is 0.243 e. The lowest BCUT2D eigenvalue weighted by molar-refractivity contribution is -0.124. The first-order valence-corrected chi connectivity index (χ1v) is 6.85. The van der Waals surface area contributed by atoms with Gasteiger partial charge in [0, 0.05) is 29.7 Å². The summed E-state index contributed by atoms with van der Waals surface area (Å²) in [5.74, 6) is 0.0251. The molecular formula is C13H17N3OS. The van der Waals surface area contributed by atoms with E-state index in [1.807, 2.05) is 19.9 Å². The molecule has 4 nitrogen and oxygen atoms in total. The van der Waals surface area contributed by atoms with Crippen LogP contribution < -0.4 is 5.32 Å². The van der Waals surface area contributed by atoms with E-state index in [2.05, 4.69) is 21.7 Å².